The molecule has 0 spiro atoms. The highest BCUT2D eigenvalue weighted by Crippen LogP contribution is 2.06. The molecule has 0 aromatic carbocycles. The monoisotopic (exact) mass is 362 g/mol. The summed E-state index contributed by atoms with van der Waals surface area (Å²) in [5.74, 6) is 10.1. The standard InChI is InChI=1S/C22H34O4/c1-3-5-7-9-13-17-21(23)25-19-15-11-12-16-20-26-22(24)18-14-10-8-6-4-2/h3-10,13-14,17-20H2,1-2H3. The molecule has 0 heterocycles. The van der Waals surface area contributed by atoms with Gasteiger partial charge in [-0.15, -0.1) is 0 Å². The molecule has 0 aromatic heterocycles. The van der Waals surface area contributed by atoms with Crippen molar-refractivity contribution in [2.24, 2.45) is 0 Å². The van der Waals surface area contributed by atoms with Crippen molar-refractivity contribution >= 4 is 11.9 Å². The van der Waals surface area contributed by atoms with Crippen LogP contribution < -0.4 is 0 Å². The minimum atomic E-state index is -0.211. The van der Waals surface area contributed by atoms with Gasteiger partial charge in [0.15, 0.2) is 13.2 Å². The quantitative estimate of drug-likeness (QED) is 0.253. The van der Waals surface area contributed by atoms with Crippen molar-refractivity contribution in [3.63, 3.8) is 0 Å². The van der Waals surface area contributed by atoms with E-state index in [9.17, 15) is 9.59 Å². The van der Waals surface area contributed by atoms with Gasteiger partial charge in [0.05, 0.1) is 0 Å². The van der Waals surface area contributed by atoms with Crippen LogP contribution in [-0.2, 0) is 19.1 Å². The number of unbranched alkanes of at least 4 members (excludes halogenated alkanes) is 8. The number of hydrogen-bond acceptors (Lipinski definition) is 4. The van der Waals surface area contributed by atoms with Crippen LogP contribution in [0.5, 0.6) is 0 Å². The minimum absolute atomic E-state index is 0.0556. The number of hydrogen-bond donors (Lipinski definition) is 0. The number of carbonyl (C=O) groups excluding carboxylic acids is 2. The average Bonchev–Trinajstić information content (AvgIpc) is 2.63. The molecular weight excluding hydrogens is 328 g/mol. The van der Waals surface area contributed by atoms with Gasteiger partial charge in [0.2, 0.25) is 0 Å². The molecule has 0 aliphatic carbocycles. The van der Waals surface area contributed by atoms with Crippen LogP contribution in [0.15, 0.2) is 0 Å². The van der Waals surface area contributed by atoms with E-state index >= 15 is 0 Å². The topological polar surface area (TPSA) is 52.6 Å². The third-order valence-corrected chi connectivity index (χ3v) is 3.82. The Balaban J connectivity index is 3.58. The van der Waals surface area contributed by atoms with Crippen molar-refractivity contribution in [2.75, 3.05) is 13.2 Å². The first kappa shape index (κ1) is 24.1. The summed E-state index contributed by atoms with van der Waals surface area (Å²) in [5.41, 5.74) is 0. The van der Waals surface area contributed by atoms with Crippen molar-refractivity contribution in [3.8, 4) is 23.7 Å². The highest BCUT2D eigenvalue weighted by atomic mass is 16.5. The molecule has 0 aliphatic heterocycles. The number of rotatable bonds is 14. The summed E-state index contributed by atoms with van der Waals surface area (Å²) < 4.78 is 10.00. The lowest BCUT2D eigenvalue weighted by atomic mass is 10.1. The Hall–Kier alpha value is -1.94. The molecule has 0 radical (unpaired) electrons. The second-order valence-electron chi connectivity index (χ2n) is 6.25. The van der Waals surface area contributed by atoms with E-state index < -0.39 is 0 Å². The predicted octanol–water partition coefficient (Wildman–Crippen LogP) is 4.80. The molecule has 146 valence electrons. The number of carbonyl (C=O) groups is 2. The van der Waals surface area contributed by atoms with Gasteiger partial charge < -0.3 is 9.47 Å². The maximum absolute atomic E-state index is 11.4. The van der Waals surface area contributed by atoms with E-state index in [1.807, 2.05) is 0 Å². The second kappa shape index (κ2) is 19.4. The average molecular weight is 363 g/mol. The fourth-order valence-corrected chi connectivity index (χ4v) is 2.28. The lowest BCUT2D eigenvalue weighted by Gasteiger charge is -2.00. The molecule has 0 atom stereocenters. The van der Waals surface area contributed by atoms with E-state index in [4.69, 9.17) is 9.47 Å². The van der Waals surface area contributed by atoms with Gasteiger partial charge >= 0.3 is 11.9 Å². The van der Waals surface area contributed by atoms with Gasteiger partial charge in [-0.25, -0.2) is 0 Å². The van der Waals surface area contributed by atoms with Crippen LogP contribution in [0, 0.1) is 23.7 Å². The van der Waals surface area contributed by atoms with Gasteiger partial charge in [0.25, 0.3) is 0 Å². The molecule has 26 heavy (non-hydrogen) atoms. The smallest absolute Gasteiger partial charge is 0.306 e. The molecule has 0 bridgehead atoms. The van der Waals surface area contributed by atoms with Gasteiger partial charge in [-0.1, -0.05) is 65.2 Å². The lowest BCUT2D eigenvalue weighted by Crippen LogP contribution is -2.04. The molecule has 0 N–H and O–H groups in total. The van der Waals surface area contributed by atoms with Crippen LogP contribution in [-0.4, -0.2) is 25.2 Å². The molecule has 0 aromatic rings. The molecule has 0 saturated heterocycles. The largest absolute Gasteiger partial charge is 0.452 e. The second-order valence-corrected chi connectivity index (χ2v) is 6.25. The fourth-order valence-electron chi connectivity index (χ4n) is 2.28. The Bertz CT molecular complexity index is 442. The summed E-state index contributed by atoms with van der Waals surface area (Å²) in [7, 11) is 0. The first-order valence-electron chi connectivity index (χ1n) is 9.97. The SMILES string of the molecule is CCCCCCCC(=O)OCC#CC#CCOC(=O)CCCCCCC. The highest BCUT2D eigenvalue weighted by Gasteiger charge is 2.01. The van der Waals surface area contributed by atoms with Crippen LogP contribution in [0.1, 0.15) is 90.9 Å². The Morgan fingerprint density at radius 3 is 1.38 bits per heavy atom. The zero-order valence-corrected chi connectivity index (χ0v) is 16.5. The van der Waals surface area contributed by atoms with Crippen LogP contribution in [0.2, 0.25) is 0 Å². The lowest BCUT2D eigenvalue weighted by molar-refractivity contribution is -0.143. The zero-order chi connectivity index (χ0) is 19.3. The number of ether oxygens (including phenoxy) is 2. The summed E-state index contributed by atoms with van der Waals surface area (Å²) in [6.45, 7) is 4.44. The van der Waals surface area contributed by atoms with E-state index in [0.717, 1.165) is 25.7 Å². The molecule has 0 saturated carbocycles. The van der Waals surface area contributed by atoms with Crippen LogP contribution in [0.3, 0.4) is 0 Å². The molecule has 0 rings (SSSR count). The summed E-state index contributed by atoms with van der Waals surface area (Å²) >= 11 is 0. The summed E-state index contributed by atoms with van der Waals surface area (Å²) in [4.78, 5) is 22.9. The third-order valence-electron chi connectivity index (χ3n) is 3.82. The Labute approximate surface area is 159 Å². The normalized spacial score (nSPS) is 9.46. The first-order valence-corrected chi connectivity index (χ1v) is 9.97. The van der Waals surface area contributed by atoms with E-state index in [0.29, 0.717) is 12.8 Å². The van der Waals surface area contributed by atoms with Crippen LogP contribution in [0.4, 0.5) is 0 Å². The number of esters is 2. The van der Waals surface area contributed by atoms with E-state index in [2.05, 4.69) is 37.5 Å². The molecule has 0 amide bonds. The van der Waals surface area contributed by atoms with Crippen molar-refractivity contribution in [1.82, 2.24) is 0 Å². The summed E-state index contributed by atoms with van der Waals surface area (Å²) in [6, 6.07) is 0. The van der Waals surface area contributed by atoms with Crippen molar-refractivity contribution in [1.29, 1.82) is 0 Å². The molecule has 0 aliphatic rings. The van der Waals surface area contributed by atoms with Gasteiger partial charge in [-0.3, -0.25) is 9.59 Å². The van der Waals surface area contributed by atoms with Crippen molar-refractivity contribution in [3.05, 3.63) is 0 Å². The highest BCUT2D eigenvalue weighted by molar-refractivity contribution is 5.69. The molecule has 4 nitrogen and oxygen atoms in total. The van der Waals surface area contributed by atoms with E-state index in [1.165, 1.54) is 38.5 Å². The maximum Gasteiger partial charge on any atom is 0.306 e. The van der Waals surface area contributed by atoms with Gasteiger partial charge in [0, 0.05) is 12.8 Å². The molecule has 4 heteroatoms. The van der Waals surface area contributed by atoms with Gasteiger partial charge in [-0.2, -0.15) is 0 Å². The first-order chi connectivity index (χ1) is 12.7. The van der Waals surface area contributed by atoms with Crippen molar-refractivity contribution in [2.45, 2.75) is 90.9 Å². The fraction of sp³-hybridized carbons (Fsp3) is 0.727. The summed E-state index contributed by atoms with van der Waals surface area (Å²) in [6.07, 6.45) is 11.9. The minimum Gasteiger partial charge on any atom is -0.452 e. The molecule has 0 fully saturated rings. The van der Waals surface area contributed by atoms with E-state index in [-0.39, 0.29) is 25.2 Å². The van der Waals surface area contributed by atoms with Crippen LogP contribution >= 0.6 is 0 Å². The Morgan fingerprint density at radius 1 is 0.615 bits per heavy atom. The summed E-state index contributed by atoms with van der Waals surface area (Å²) in [5, 5.41) is 0. The Kier molecular flexibility index (Phi) is 17.9. The molecule has 0 unspecified atom stereocenters. The predicted molar refractivity (Wildman–Crippen MR) is 104 cm³/mol. The third kappa shape index (κ3) is 18.4. The van der Waals surface area contributed by atoms with Gasteiger partial charge in [-0.05, 0) is 36.5 Å². The molecular formula is C22H34O4. The maximum atomic E-state index is 11.4. The van der Waals surface area contributed by atoms with Gasteiger partial charge in [0.1, 0.15) is 0 Å². The van der Waals surface area contributed by atoms with E-state index in [1.54, 1.807) is 0 Å². The van der Waals surface area contributed by atoms with Crippen LogP contribution in [0.25, 0.3) is 0 Å². The Morgan fingerprint density at radius 2 is 1.00 bits per heavy atom. The van der Waals surface area contributed by atoms with Crippen molar-refractivity contribution < 1.29 is 19.1 Å². The zero-order valence-electron chi connectivity index (χ0n) is 16.5.